The fraction of sp³-hybridized carbons (Fsp3) is 0.143. The largest absolute Gasteiger partial charge is 0.265 e. The van der Waals surface area contributed by atoms with Gasteiger partial charge < -0.3 is 0 Å². The van der Waals surface area contributed by atoms with Crippen LogP contribution in [0.25, 0.3) is 17.0 Å². The van der Waals surface area contributed by atoms with E-state index >= 15 is 0 Å². The molecule has 0 radical (unpaired) electrons. The number of imidazole rings is 1. The third-order valence-electron chi connectivity index (χ3n) is 3.10. The average Bonchev–Trinajstić information content (AvgIpc) is 2.76. The van der Waals surface area contributed by atoms with Crippen LogP contribution >= 0.6 is 0 Å². The average molecular weight is 252 g/mol. The minimum absolute atomic E-state index is 0.287. The third kappa shape index (κ3) is 1.79. The van der Waals surface area contributed by atoms with Gasteiger partial charge in [-0.2, -0.15) is 0 Å². The van der Waals surface area contributed by atoms with Crippen LogP contribution in [0.1, 0.15) is 11.1 Å². The second-order valence-electron chi connectivity index (χ2n) is 4.48. The van der Waals surface area contributed by atoms with Crippen molar-refractivity contribution >= 4 is 11.6 Å². The lowest BCUT2D eigenvalue weighted by Crippen LogP contribution is -1.85. The van der Waals surface area contributed by atoms with Crippen molar-refractivity contribution in [3.63, 3.8) is 0 Å². The lowest BCUT2D eigenvalue weighted by molar-refractivity contribution is 1.10. The molecule has 5 nitrogen and oxygen atoms in total. The molecule has 0 saturated carbocycles. The van der Waals surface area contributed by atoms with E-state index in [9.17, 15) is 4.91 Å². The summed E-state index contributed by atoms with van der Waals surface area (Å²) in [6, 6.07) is 7.76. The van der Waals surface area contributed by atoms with Crippen molar-refractivity contribution in [2.75, 3.05) is 0 Å². The SMILES string of the molecule is Cc1ccc(-c2nc3ncccn3c2N=O)c(C)c1. The maximum absolute atomic E-state index is 11.1. The highest BCUT2D eigenvalue weighted by Crippen LogP contribution is 2.32. The summed E-state index contributed by atoms with van der Waals surface area (Å²) < 4.78 is 1.60. The highest BCUT2D eigenvalue weighted by atomic mass is 16.3. The third-order valence-corrected chi connectivity index (χ3v) is 3.10. The lowest BCUT2D eigenvalue weighted by atomic mass is 10.0. The summed E-state index contributed by atoms with van der Waals surface area (Å²) in [5.41, 5.74) is 3.72. The van der Waals surface area contributed by atoms with Crippen molar-refractivity contribution in [3.8, 4) is 11.3 Å². The number of nitroso groups, excluding NO2 is 1. The molecule has 0 spiro atoms. The van der Waals surface area contributed by atoms with Crippen LogP contribution in [0.2, 0.25) is 0 Å². The predicted octanol–water partition coefficient (Wildman–Crippen LogP) is 3.41. The summed E-state index contributed by atoms with van der Waals surface area (Å²) in [6.45, 7) is 4.02. The normalized spacial score (nSPS) is 10.8. The highest BCUT2D eigenvalue weighted by Gasteiger charge is 2.16. The second kappa shape index (κ2) is 4.28. The molecule has 0 aliphatic carbocycles. The number of fused-ring (bicyclic) bond motifs is 1. The smallest absolute Gasteiger partial charge is 0.236 e. The summed E-state index contributed by atoms with van der Waals surface area (Å²) in [7, 11) is 0. The molecule has 0 fully saturated rings. The zero-order valence-corrected chi connectivity index (χ0v) is 10.7. The Bertz CT molecular complexity index is 776. The van der Waals surface area contributed by atoms with Crippen molar-refractivity contribution in [3.05, 3.63) is 52.7 Å². The summed E-state index contributed by atoms with van der Waals surface area (Å²) in [4.78, 5) is 19.7. The number of aryl methyl sites for hydroxylation is 2. The standard InChI is InChI=1S/C14H12N4O/c1-9-4-5-11(10(2)8-9)12-13(17-19)18-7-3-6-15-14(18)16-12/h3-8H,1-2H3. The van der Waals surface area contributed by atoms with Gasteiger partial charge in [-0.3, -0.25) is 4.40 Å². The first-order chi connectivity index (χ1) is 9.20. The molecule has 5 heteroatoms. The Hall–Kier alpha value is -2.56. The summed E-state index contributed by atoms with van der Waals surface area (Å²) >= 11 is 0. The molecule has 0 saturated heterocycles. The Morgan fingerprint density at radius 3 is 2.84 bits per heavy atom. The van der Waals surface area contributed by atoms with Crippen LogP contribution in [0, 0.1) is 18.8 Å². The highest BCUT2D eigenvalue weighted by molar-refractivity contribution is 5.75. The Morgan fingerprint density at radius 1 is 1.26 bits per heavy atom. The van der Waals surface area contributed by atoms with Crippen LogP contribution in [0.3, 0.4) is 0 Å². The molecule has 94 valence electrons. The molecule has 1 aromatic carbocycles. The van der Waals surface area contributed by atoms with Crippen molar-refractivity contribution in [1.29, 1.82) is 0 Å². The maximum atomic E-state index is 11.1. The summed E-state index contributed by atoms with van der Waals surface area (Å²) in [5.74, 6) is 0.766. The second-order valence-corrected chi connectivity index (χ2v) is 4.48. The number of aromatic nitrogens is 3. The van der Waals surface area contributed by atoms with Crippen LogP contribution in [0.5, 0.6) is 0 Å². The minimum atomic E-state index is 0.287. The zero-order valence-electron chi connectivity index (χ0n) is 10.7. The molecular formula is C14H12N4O. The number of hydrogen-bond donors (Lipinski definition) is 0. The van der Waals surface area contributed by atoms with E-state index in [0.717, 1.165) is 11.1 Å². The molecule has 0 unspecified atom stereocenters. The molecule has 0 atom stereocenters. The molecule has 2 aromatic heterocycles. The molecule has 3 aromatic rings. The van der Waals surface area contributed by atoms with Gasteiger partial charge in [-0.1, -0.05) is 23.8 Å². The topological polar surface area (TPSA) is 59.6 Å². The van der Waals surface area contributed by atoms with Crippen LogP contribution in [0.4, 0.5) is 5.82 Å². The van der Waals surface area contributed by atoms with Gasteiger partial charge in [0.05, 0.1) is 0 Å². The number of hydrogen-bond acceptors (Lipinski definition) is 4. The molecule has 2 heterocycles. The fourth-order valence-electron chi connectivity index (χ4n) is 2.22. The van der Waals surface area contributed by atoms with E-state index in [1.807, 2.05) is 26.0 Å². The number of benzene rings is 1. The minimum Gasteiger partial charge on any atom is -0.265 e. The van der Waals surface area contributed by atoms with Gasteiger partial charge in [-0.15, -0.1) is 4.91 Å². The van der Waals surface area contributed by atoms with Gasteiger partial charge in [0.2, 0.25) is 11.6 Å². The summed E-state index contributed by atoms with van der Waals surface area (Å²) in [5, 5.41) is 3.11. The molecule has 19 heavy (non-hydrogen) atoms. The maximum Gasteiger partial charge on any atom is 0.236 e. The van der Waals surface area contributed by atoms with Crippen molar-refractivity contribution < 1.29 is 0 Å². The molecule has 3 rings (SSSR count). The molecule has 0 aliphatic heterocycles. The number of nitrogens with zero attached hydrogens (tertiary/aromatic N) is 4. The van der Waals surface area contributed by atoms with Crippen molar-refractivity contribution in [2.24, 2.45) is 5.18 Å². The van der Waals surface area contributed by atoms with Crippen molar-refractivity contribution in [2.45, 2.75) is 13.8 Å². The van der Waals surface area contributed by atoms with Gasteiger partial charge in [0.25, 0.3) is 0 Å². The Labute approximate surface area is 109 Å². The summed E-state index contributed by atoms with van der Waals surface area (Å²) in [6.07, 6.45) is 3.38. The molecule has 0 N–H and O–H groups in total. The van der Waals surface area contributed by atoms with Gasteiger partial charge in [-0.05, 0) is 30.7 Å². The molecule has 0 aliphatic rings. The Morgan fingerprint density at radius 2 is 2.11 bits per heavy atom. The first kappa shape index (κ1) is 11.5. The Balaban J connectivity index is 2.33. The van der Waals surface area contributed by atoms with Crippen LogP contribution in [-0.4, -0.2) is 14.4 Å². The zero-order chi connectivity index (χ0) is 13.4. The van der Waals surface area contributed by atoms with E-state index in [0.29, 0.717) is 11.5 Å². The first-order valence-electron chi connectivity index (χ1n) is 5.95. The van der Waals surface area contributed by atoms with Crippen LogP contribution in [-0.2, 0) is 0 Å². The molecule has 0 bridgehead atoms. The van der Waals surface area contributed by atoms with Gasteiger partial charge in [0.1, 0.15) is 5.69 Å². The molecule has 0 amide bonds. The van der Waals surface area contributed by atoms with E-state index in [1.165, 1.54) is 5.56 Å². The number of rotatable bonds is 2. The van der Waals surface area contributed by atoms with Gasteiger partial charge in [-0.25, -0.2) is 9.97 Å². The molecular weight excluding hydrogens is 240 g/mol. The van der Waals surface area contributed by atoms with Gasteiger partial charge in [0, 0.05) is 18.0 Å². The van der Waals surface area contributed by atoms with Crippen molar-refractivity contribution in [1.82, 2.24) is 14.4 Å². The van der Waals surface area contributed by atoms with Gasteiger partial charge >= 0.3 is 0 Å². The quantitative estimate of drug-likeness (QED) is 0.656. The predicted molar refractivity (Wildman–Crippen MR) is 73.4 cm³/mol. The Kier molecular flexibility index (Phi) is 2.59. The van der Waals surface area contributed by atoms with E-state index in [4.69, 9.17) is 0 Å². The van der Waals surface area contributed by atoms with Crippen LogP contribution in [0.15, 0.2) is 41.8 Å². The first-order valence-corrected chi connectivity index (χ1v) is 5.95. The fourth-order valence-corrected chi connectivity index (χ4v) is 2.22. The van der Waals surface area contributed by atoms with Gasteiger partial charge in [0.15, 0.2) is 0 Å². The van der Waals surface area contributed by atoms with Crippen LogP contribution < -0.4 is 0 Å². The van der Waals surface area contributed by atoms with E-state index in [2.05, 4.69) is 21.2 Å². The van der Waals surface area contributed by atoms with E-state index in [1.54, 1.807) is 22.9 Å². The van der Waals surface area contributed by atoms with E-state index in [-0.39, 0.29) is 5.82 Å². The lowest BCUT2D eigenvalue weighted by Gasteiger charge is -2.04. The monoisotopic (exact) mass is 252 g/mol. The van der Waals surface area contributed by atoms with E-state index < -0.39 is 0 Å².